The van der Waals surface area contributed by atoms with Gasteiger partial charge < -0.3 is 10.6 Å². The topological polar surface area (TPSA) is 158 Å². The molecular formula is C33H41FN12O2S. The highest BCUT2D eigenvalue weighted by atomic mass is 32.1. The van der Waals surface area contributed by atoms with Crippen LogP contribution in [0.2, 0.25) is 0 Å². The number of carbonyl (C=O) groups is 1. The molecule has 2 aliphatic rings. The molecule has 4 aromatic heterocycles. The highest BCUT2D eigenvalue weighted by molar-refractivity contribution is 7.11. The van der Waals surface area contributed by atoms with E-state index in [9.17, 15) is 9.18 Å². The number of nitrogens with two attached hydrogens (primary N) is 1. The third-order valence-corrected chi connectivity index (χ3v) is 12.2. The van der Waals surface area contributed by atoms with Crippen LogP contribution in [0.3, 0.4) is 0 Å². The van der Waals surface area contributed by atoms with Crippen molar-refractivity contribution in [3.05, 3.63) is 59.5 Å². The minimum Gasteiger partial charge on any atom is -0.397 e. The summed E-state index contributed by atoms with van der Waals surface area (Å²) in [5.41, 5.74) is 13.9. The van der Waals surface area contributed by atoms with Crippen molar-refractivity contribution in [2.45, 2.75) is 71.1 Å². The number of hydrogen-bond acceptors (Lipinski definition) is 12. The minimum atomic E-state index is -0.857. The Morgan fingerprint density at radius 2 is 1.94 bits per heavy atom. The lowest BCUT2D eigenvalue weighted by Gasteiger charge is -2.65. The summed E-state index contributed by atoms with van der Waals surface area (Å²) in [5.74, 6) is -0.0832. The Labute approximate surface area is 287 Å². The quantitative estimate of drug-likeness (QED) is 0.185. The number of amides is 1. The molecule has 2 saturated heterocycles. The van der Waals surface area contributed by atoms with Gasteiger partial charge >= 0.3 is 6.08 Å². The second-order valence-electron chi connectivity index (χ2n) is 14.4. The third kappa shape index (κ3) is 5.41. The monoisotopic (exact) mass is 688 g/mol. The second kappa shape index (κ2) is 12.1. The Bertz CT molecular complexity index is 1990. The molecule has 2 fully saturated rings. The fourth-order valence-electron chi connectivity index (χ4n) is 8.03. The van der Waals surface area contributed by atoms with E-state index in [2.05, 4.69) is 93.6 Å². The lowest BCUT2D eigenvalue weighted by molar-refractivity contribution is -0.218. The number of rotatable bonds is 7. The van der Waals surface area contributed by atoms with Gasteiger partial charge in [0.05, 0.1) is 46.8 Å². The van der Waals surface area contributed by atoms with Crippen LogP contribution >= 0.6 is 11.3 Å². The summed E-state index contributed by atoms with van der Waals surface area (Å²) in [6, 6.07) is 7.44. The Balaban J connectivity index is 1.24. The zero-order valence-electron chi connectivity index (χ0n) is 28.5. The van der Waals surface area contributed by atoms with Gasteiger partial charge in [-0.25, -0.2) is 15.0 Å². The maximum atomic E-state index is 14.4. The first-order valence-electron chi connectivity index (χ1n) is 16.3. The van der Waals surface area contributed by atoms with E-state index in [1.165, 1.54) is 17.7 Å². The van der Waals surface area contributed by atoms with Crippen LogP contribution in [0.1, 0.15) is 63.6 Å². The molecule has 0 unspecified atom stereocenters. The van der Waals surface area contributed by atoms with Crippen LogP contribution in [0.15, 0.2) is 48.5 Å². The predicted octanol–water partition coefficient (Wildman–Crippen LogP) is 4.40. The number of likely N-dealkylation sites (tertiary alicyclic amines) is 1. The molecule has 1 amide bonds. The Morgan fingerprint density at radius 3 is 2.67 bits per heavy atom. The summed E-state index contributed by atoms with van der Waals surface area (Å²) in [7, 11) is 2.19. The first kappa shape index (κ1) is 33.0. The fourth-order valence-corrected chi connectivity index (χ4v) is 8.54. The predicted molar refractivity (Wildman–Crippen MR) is 184 cm³/mol. The van der Waals surface area contributed by atoms with Crippen LogP contribution in [-0.2, 0) is 4.84 Å². The standard InChI is InChI=1S/C33H41FN12O2S/c1-31(2)14-28(48-40-29(47)27-16-37-19-49-27)33(5,32(3,4)43(31)6)21-8-7-11-44(17-21)25-13-23(45-26(25)15-36-18-38-45)20-9-10-22(35)24(12-20)46-30(34)39-41-42-46/h9-10,12-13,15-16,18-19,21,28H,7-8,11,14,17,35H2,1-6H3,(H,40,47)/t21-,28+,33-/m0/s1. The SMILES string of the molecule is CN1C(C)(C)C[C@@H](ONC(=O)c2cncs2)[C@](C)([C@H]2CCCN(c3cc(-c4ccc(N)c(-n5nnnc5F)c4)n4ncncc34)C2)C1(C)C. The van der Waals surface area contributed by atoms with Crippen molar-refractivity contribution in [3.8, 4) is 16.9 Å². The number of piperidine rings is 2. The van der Waals surface area contributed by atoms with E-state index in [4.69, 9.17) is 10.6 Å². The Kier molecular flexibility index (Phi) is 8.15. The zero-order valence-corrected chi connectivity index (χ0v) is 29.3. The fraction of sp³-hybridized carbons (Fsp3) is 0.485. The summed E-state index contributed by atoms with van der Waals surface area (Å²) < 4.78 is 17.2. The number of hydroxylamine groups is 1. The number of halogens is 1. The van der Waals surface area contributed by atoms with E-state index < -0.39 is 6.08 Å². The zero-order chi connectivity index (χ0) is 34.7. The van der Waals surface area contributed by atoms with Gasteiger partial charge in [0.2, 0.25) is 0 Å². The van der Waals surface area contributed by atoms with E-state index in [1.54, 1.807) is 23.8 Å². The molecule has 5 aromatic rings. The van der Waals surface area contributed by atoms with Gasteiger partial charge in [-0.2, -0.15) is 14.2 Å². The normalized spacial score (nSPS) is 23.9. The third-order valence-electron chi connectivity index (χ3n) is 11.4. The molecule has 7 rings (SSSR count). The van der Waals surface area contributed by atoms with Gasteiger partial charge in [-0.15, -0.1) is 11.3 Å². The number of aromatic nitrogens is 8. The van der Waals surface area contributed by atoms with Gasteiger partial charge in [0.15, 0.2) is 0 Å². The summed E-state index contributed by atoms with van der Waals surface area (Å²) in [6.45, 7) is 13.0. The van der Waals surface area contributed by atoms with Crippen molar-refractivity contribution in [1.29, 1.82) is 0 Å². The molecule has 0 aliphatic carbocycles. The summed E-state index contributed by atoms with van der Waals surface area (Å²) in [4.78, 5) is 33.2. The molecule has 0 saturated carbocycles. The number of nitrogens with zero attached hydrogens (tertiary/aromatic N) is 10. The van der Waals surface area contributed by atoms with Crippen molar-refractivity contribution in [1.82, 2.24) is 50.2 Å². The minimum absolute atomic E-state index is 0.175. The molecule has 2 aliphatic heterocycles. The molecule has 0 bridgehead atoms. The van der Waals surface area contributed by atoms with Crippen LogP contribution in [0.4, 0.5) is 15.8 Å². The van der Waals surface area contributed by atoms with Gasteiger partial charge in [-0.3, -0.25) is 19.5 Å². The summed E-state index contributed by atoms with van der Waals surface area (Å²) >= 11 is 1.28. The number of hydrogen-bond donors (Lipinski definition) is 2. The number of carbonyl (C=O) groups excluding carboxylic acids is 1. The van der Waals surface area contributed by atoms with Gasteiger partial charge in [-0.1, -0.05) is 18.1 Å². The van der Waals surface area contributed by atoms with Gasteiger partial charge in [-0.05, 0) is 88.5 Å². The van der Waals surface area contributed by atoms with E-state index in [1.807, 2.05) is 16.8 Å². The molecule has 6 heterocycles. The molecule has 258 valence electrons. The van der Waals surface area contributed by atoms with Crippen LogP contribution in [0, 0.1) is 17.4 Å². The van der Waals surface area contributed by atoms with Gasteiger partial charge in [0, 0.05) is 35.1 Å². The van der Waals surface area contributed by atoms with Crippen molar-refractivity contribution in [3.63, 3.8) is 0 Å². The lowest BCUT2D eigenvalue weighted by atomic mass is 9.54. The Hall–Kier alpha value is -4.54. The molecule has 49 heavy (non-hydrogen) atoms. The van der Waals surface area contributed by atoms with E-state index >= 15 is 0 Å². The molecular weight excluding hydrogens is 648 g/mol. The number of thiazole rings is 1. The first-order chi connectivity index (χ1) is 23.3. The molecule has 0 radical (unpaired) electrons. The van der Waals surface area contributed by atoms with E-state index in [0.717, 1.165) is 59.5 Å². The number of anilines is 2. The van der Waals surface area contributed by atoms with E-state index in [0.29, 0.717) is 16.3 Å². The summed E-state index contributed by atoms with van der Waals surface area (Å²) in [6.07, 6.45) is 6.46. The molecule has 1 aromatic carbocycles. The summed E-state index contributed by atoms with van der Waals surface area (Å²) in [5, 5.41) is 15.2. The number of fused-ring (bicyclic) bond motifs is 1. The molecule has 14 nitrogen and oxygen atoms in total. The Morgan fingerprint density at radius 1 is 1.12 bits per heavy atom. The molecule has 3 N–H and O–H groups in total. The van der Waals surface area contributed by atoms with Crippen molar-refractivity contribution < 1.29 is 14.0 Å². The number of nitrogen functional groups attached to an aromatic ring is 1. The number of tetrazole rings is 1. The molecule has 3 atom stereocenters. The lowest BCUT2D eigenvalue weighted by Crippen LogP contribution is -2.73. The van der Waals surface area contributed by atoms with Crippen molar-refractivity contribution >= 4 is 34.1 Å². The van der Waals surface area contributed by atoms with Gasteiger partial charge in [0.25, 0.3) is 5.91 Å². The highest BCUT2D eigenvalue weighted by Gasteiger charge is 2.61. The van der Waals surface area contributed by atoms with Gasteiger partial charge in [0.1, 0.15) is 16.7 Å². The largest absolute Gasteiger partial charge is 0.397 e. The van der Waals surface area contributed by atoms with Crippen LogP contribution in [-0.4, -0.2) is 87.9 Å². The van der Waals surface area contributed by atoms with Crippen LogP contribution in [0.5, 0.6) is 0 Å². The average Bonchev–Trinajstić information content (AvgIpc) is 3.86. The highest BCUT2D eigenvalue weighted by Crippen LogP contribution is 2.56. The van der Waals surface area contributed by atoms with Crippen LogP contribution < -0.4 is 16.1 Å². The number of nitrogens with one attached hydrogen (secondary N) is 1. The average molecular weight is 689 g/mol. The molecule has 16 heteroatoms. The smallest absolute Gasteiger partial charge is 0.332 e. The van der Waals surface area contributed by atoms with Crippen molar-refractivity contribution in [2.24, 2.45) is 11.3 Å². The van der Waals surface area contributed by atoms with Crippen molar-refractivity contribution in [2.75, 3.05) is 30.8 Å². The number of benzene rings is 1. The maximum Gasteiger partial charge on any atom is 0.332 e. The molecule has 0 spiro atoms. The maximum absolute atomic E-state index is 14.4. The van der Waals surface area contributed by atoms with E-state index in [-0.39, 0.29) is 34.4 Å². The second-order valence-corrected chi connectivity index (χ2v) is 15.2. The van der Waals surface area contributed by atoms with Crippen LogP contribution in [0.25, 0.3) is 22.5 Å². The first-order valence-corrected chi connectivity index (χ1v) is 17.2.